The maximum Gasteiger partial charge on any atom is 0.243 e. The van der Waals surface area contributed by atoms with Crippen molar-refractivity contribution in [2.75, 3.05) is 0 Å². The van der Waals surface area contributed by atoms with E-state index in [1.807, 2.05) is 11.8 Å². The van der Waals surface area contributed by atoms with Crippen molar-refractivity contribution in [3.8, 4) is 0 Å². The lowest BCUT2D eigenvalue weighted by Gasteiger charge is -2.05. The first-order valence-corrected chi connectivity index (χ1v) is 7.40. The van der Waals surface area contributed by atoms with Crippen molar-refractivity contribution in [2.45, 2.75) is 43.7 Å². The summed E-state index contributed by atoms with van der Waals surface area (Å²) < 4.78 is 5.21. The second-order valence-electron chi connectivity index (χ2n) is 4.47. The van der Waals surface area contributed by atoms with Gasteiger partial charge in [-0.2, -0.15) is 16.7 Å². The Labute approximate surface area is 116 Å². The van der Waals surface area contributed by atoms with E-state index in [2.05, 4.69) is 34.0 Å². The van der Waals surface area contributed by atoms with Crippen LogP contribution < -0.4 is 5.73 Å². The lowest BCUT2D eigenvalue weighted by atomic mass is 10.2. The van der Waals surface area contributed by atoms with Crippen LogP contribution in [-0.2, 0) is 12.2 Å². The monoisotopic (exact) mass is 281 g/mol. The third-order valence-corrected chi connectivity index (χ3v) is 4.19. The maximum absolute atomic E-state index is 6.03. The van der Waals surface area contributed by atoms with Crippen molar-refractivity contribution in [1.82, 2.24) is 20.1 Å². The fourth-order valence-electron chi connectivity index (χ4n) is 1.53. The van der Waals surface area contributed by atoms with Crippen LogP contribution >= 0.6 is 11.8 Å². The lowest BCUT2D eigenvalue weighted by molar-refractivity contribution is 0.350. The average molecular weight is 281 g/mol. The first-order valence-electron chi connectivity index (χ1n) is 6.36. The van der Waals surface area contributed by atoms with E-state index in [1.54, 1.807) is 12.5 Å². The minimum absolute atomic E-state index is 0.296. The number of hydrogen-bond donors (Lipinski definition) is 2. The summed E-state index contributed by atoms with van der Waals surface area (Å²) in [4.78, 5) is 11.3. The summed E-state index contributed by atoms with van der Waals surface area (Å²) >= 11 is 1.82. The Balaban J connectivity index is 1.89. The molecule has 0 aliphatic rings. The highest BCUT2D eigenvalue weighted by atomic mass is 32.2. The normalized spacial score (nSPS) is 14.5. The van der Waals surface area contributed by atoms with Crippen molar-refractivity contribution in [1.29, 1.82) is 0 Å². The molecule has 2 rings (SSSR count). The predicted octanol–water partition coefficient (Wildman–Crippen LogP) is 2.07. The van der Waals surface area contributed by atoms with E-state index in [0.29, 0.717) is 23.4 Å². The SMILES string of the molecule is CCC(C)SCc1noc(C(N)Cc2cnc[nH]2)n1. The number of thioether (sulfide) groups is 1. The fourth-order valence-corrected chi connectivity index (χ4v) is 2.32. The standard InChI is InChI=1S/C12H19N5OS/c1-3-8(2)19-6-11-16-12(18-17-11)10(13)4-9-5-14-7-15-9/h5,7-8,10H,3-4,6,13H2,1-2H3,(H,14,15). The largest absolute Gasteiger partial charge is 0.348 e. The number of hydrogen-bond acceptors (Lipinski definition) is 6. The van der Waals surface area contributed by atoms with Gasteiger partial charge in [-0.25, -0.2) is 4.98 Å². The molecule has 2 heterocycles. The van der Waals surface area contributed by atoms with Gasteiger partial charge in [-0.15, -0.1) is 0 Å². The number of nitrogens with one attached hydrogen (secondary N) is 1. The Kier molecular flexibility index (Phi) is 4.98. The van der Waals surface area contributed by atoms with Crippen LogP contribution in [0.25, 0.3) is 0 Å². The van der Waals surface area contributed by atoms with E-state index in [0.717, 1.165) is 17.9 Å². The van der Waals surface area contributed by atoms with Gasteiger partial charge in [0.2, 0.25) is 5.89 Å². The molecule has 0 bridgehead atoms. The Morgan fingerprint density at radius 1 is 1.53 bits per heavy atom. The number of rotatable bonds is 7. The maximum atomic E-state index is 6.03. The Hall–Kier alpha value is -1.34. The van der Waals surface area contributed by atoms with Crippen molar-refractivity contribution in [3.63, 3.8) is 0 Å². The molecule has 2 unspecified atom stereocenters. The minimum Gasteiger partial charge on any atom is -0.348 e. The molecular weight excluding hydrogens is 262 g/mol. The number of imidazole rings is 1. The number of H-pyrrole nitrogens is 1. The molecule has 0 saturated carbocycles. The molecule has 7 heteroatoms. The summed E-state index contributed by atoms with van der Waals surface area (Å²) in [6.07, 6.45) is 5.12. The van der Waals surface area contributed by atoms with E-state index in [-0.39, 0.29) is 6.04 Å². The van der Waals surface area contributed by atoms with Gasteiger partial charge in [0.1, 0.15) is 0 Å². The van der Waals surface area contributed by atoms with Gasteiger partial charge in [0.15, 0.2) is 5.82 Å². The highest BCUT2D eigenvalue weighted by Crippen LogP contribution is 2.19. The highest BCUT2D eigenvalue weighted by Gasteiger charge is 2.16. The van der Waals surface area contributed by atoms with Gasteiger partial charge in [0.05, 0.1) is 18.1 Å². The molecule has 0 spiro atoms. The first kappa shape index (κ1) is 14.1. The molecule has 6 nitrogen and oxygen atoms in total. The summed E-state index contributed by atoms with van der Waals surface area (Å²) in [5.41, 5.74) is 6.99. The molecule has 2 aromatic rings. The second-order valence-corrected chi connectivity index (χ2v) is 5.89. The van der Waals surface area contributed by atoms with Crippen LogP contribution in [0.3, 0.4) is 0 Å². The smallest absolute Gasteiger partial charge is 0.243 e. The third kappa shape index (κ3) is 4.07. The summed E-state index contributed by atoms with van der Waals surface area (Å²) in [5, 5.41) is 4.56. The fraction of sp³-hybridized carbons (Fsp3) is 0.583. The molecule has 0 amide bonds. The summed E-state index contributed by atoms with van der Waals surface area (Å²) in [6.45, 7) is 4.36. The van der Waals surface area contributed by atoms with Crippen LogP contribution in [0.2, 0.25) is 0 Å². The summed E-state index contributed by atoms with van der Waals surface area (Å²) in [5.74, 6) is 1.95. The molecule has 19 heavy (non-hydrogen) atoms. The summed E-state index contributed by atoms with van der Waals surface area (Å²) in [7, 11) is 0. The van der Waals surface area contributed by atoms with Gasteiger partial charge >= 0.3 is 0 Å². The number of nitrogens with two attached hydrogens (primary N) is 1. The van der Waals surface area contributed by atoms with E-state index < -0.39 is 0 Å². The molecule has 0 saturated heterocycles. The minimum atomic E-state index is -0.296. The molecular formula is C12H19N5OS. The molecule has 0 aromatic carbocycles. The van der Waals surface area contributed by atoms with Crippen molar-refractivity contribution < 1.29 is 4.52 Å². The van der Waals surface area contributed by atoms with Crippen LogP contribution in [0.15, 0.2) is 17.0 Å². The zero-order chi connectivity index (χ0) is 13.7. The van der Waals surface area contributed by atoms with Crippen LogP contribution in [0, 0.1) is 0 Å². The average Bonchev–Trinajstić information content (AvgIpc) is 3.06. The number of aromatic amines is 1. The van der Waals surface area contributed by atoms with E-state index in [1.165, 1.54) is 0 Å². The zero-order valence-corrected chi connectivity index (χ0v) is 12.0. The zero-order valence-electron chi connectivity index (χ0n) is 11.2. The number of nitrogens with zero attached hydrogens (tertiary/aromatic N) is 3. The molecule has 0 fully saturated rings. The van der Waals surface area contributed by atoms with Gasteiger partial charge in [-0.05, 0) is 6.42 Å². The second kappa shape index (κ2) is 6.72. The molecule has 3 N–H and O–H groups in total. The Morgan fingerprint density at radius 3 is 3.05 bits per heavy atom. The third-order valence-electron chi connectivity index (χ3n) is 2.87. The van der Waals surface area contributed by atoms with Gasteiger partial charge in [-0.3, -0.25) is 0 Å². The molecule has 104 valence electrons. The lowest BCUT2D eigenvalue weighted by Crippen LogP contribution is -2.14. The van der Waals surface area contributed by atoms with Crippen molar-refractivity contribution in [2.24, 2.45) is 5.73 Å². The molecule has 2 aromatic heterocycles. The quantitative estimate of drug-likeness (QED) is 0.807. The van der Waals surface area contributed by atoms with Gasteiger partial charge < -0.3 is 15.2 Å². The Morgan fingerprint density at radius 2 is 2.37 bits per heavy atom. The predicted molar refractivity (Wildman–Crippen MR) is 74.6 cm³/mol. The highest BCUT2D eigenvalue weighted by molar-refractivity contribution is 7.99. The molecule has 0 aliphatic heterocycles. The van der Waals surface area contributed by atoms with Crippen LogP contribution in [0.1, 0.15) is 43.7 Å². The van der Waals surface area contributed by atoms with E-state index in [4.69, 9.17) is 10.3 Å². The molecule has 2 atom stereocenters. The van der Waals surface area contributed by atoms with Crippen molar-refractivity contribution >= 4 is 11.8 Å². The molecule has 0 aliphatic carbocycles. The van der Waals surface area contributed by atoms with Crippen LogP contribution in [0.4, 0.5) is 0 Å². The first-order chi connectivity index (χ1) is 9.19. The van der Waals surface area contributed by atoms with Gasteiger partial charge in [0.25, 0.3) is 0 Å². The Bertz CT molecular complexity index is 484. The summed E-state index contributed by atoms with van der Waals surface area (Å²) in [6, 6.07) is -0.296. The van der Waals surface area contributed by atoms with Crippen LogP contribution in [-0.4, -0.2) is 25.4 Å². The van der Waals surface area contributed by atoms with Crippen molar-refractivity contribution in [3.05, 3.63) is 29.9 Å². The van der Waals surface area contributed by atoms with Crippen LogP contribution in [0.5, 0.6) is 0 Å². The van der Waals surface area contributed by atoms with Gasteiger partial charge in [-0.1, -0.05) is 19.0 Å². The topological polar surface area (TPSA) is 93.6 Å². The van der Waals surface area contributed by atoms with Gasteiger partial charge in [0, 0.05) is 23.6 Å². The van der Waals surface area contributed by atoms with E-state index in [9.17, 15) is 0 Å². The number of aromatic nitrogens is 4. The van der Waals surface area contributed by atoms with E-state index >= 15 is 0 Å². The molecule has 0 radical (unpaired) electrons.